The molecule has 10 aromatic rings. The zero-order chi connectivity index (χ0) is 42.7. The Bertz CT molecular complexity index is 3430. The van der Waals surface area contributed by atoms with Gasteiger partial charge >= 0.3 is 6.18 Å². The van der Waals surface area contributed by atoms with Crippen LogP contribution in [-0.4, -0.2) is 9.13 Å². The second kappa shape index (κ2) is 14.4. The number of nitriles is 4. The van der Waals surface area contributed by atoms with E-state index in [1.807, 2.05) is 84.9 Å². The Morgan fingerprint density at radius 3 is 1.11 bits per heavy atom. The first-order valence-electron chi connectivity index (χ1n) is 19.5. The Morgan fingerprint density at radius 1 is 0.339 bits per heavy atom. The minimum atomic E-state index is -4.89. The molecule has 0 atom stereocenters. The second-order valence-electron chi connectivity index (χ2n) is 15.0. The molecule has 2 aromatic heterocycles. The predicted octanol–water partition coefficient (Wildman–Crippen LogP) is 13.4. The number of hydrogen-bond acceptors (Lipinski definition) is 4. The van der Waals surface area contributed by atoms with Gasteiger partial charge in [-0.3, -0.25) is 0 Å². The smallest absolute Gasteiger partial charge is 0.309 e. The largest absolute Gasteiger partial charge is 0.420 e. The molecule has 0 amide bonds. The van der Waals surface area contributed by atoms with Crippen molar-refractivity contribution < 1.29 is 13.2 Å². The van der Waals surface area contributed by atoms with E-state index >= 15 is 13.2 Å². The molecule has 0 saturated heterocycles. The molecule has 0 bridgehead atoms. The van der Waals surface area contributed by atoms with Gasteiger partial charge in [0.2, 0.25) is 0 Å². The average molecular weight is 805 g/mol. The van der Waals surface area contributed by atoms with E-state index < -0.39 is 11.7 Å². The minimum Gasteiger partial charge on any atom is -0.309 e. The SMILES string of the molecule is N#Cc1ccc(-c2ccc3c(c2)c2ccccc2n3-c2cc(-c3cc(C#N)cc(C#N)c3)cc(-n3c4ccccc4c4cc(-c5ccc(C#N)cc5)ccc43)c2C(F)(F)F)cc1. The fourth-order valence-corrected chi connectivity index (χ4v) is 8.64. The normalized spacial score (nSPS) is 11.4. The third-order valence-electron chi connectivity index (χ3n) is 11.4. The zero-order valence-electron chi connectivity index (χ0n) is 32.4. The molecule has 9 heteroatoms. The molecule has 8 aromatic carbocycles. The highest BCUT2D eigenvalue weighted by Crippen LogP contribution is 2.47. The van der Waals surface area contributed by atoms with Crippen LogP contribution in [0.25, 0.3) is 88.4 Å². The van der Waals surface area contributed by atoms with Crippen molar-refractivity contribution in [1.29, 1.82) is 21.0 Å². The highest BCUT2D eigenvalue weighted by Gasteiger charge is 2.39. The van der Waals surface area contributed by atoms with Crippen molar-refractivity contribution in [2.45, 2.75) is 6.18 Å². The van der Waals surface area contributed by atoms with Crippen molar-refractivity contribution in [3.63, 3.8) is 0 Å². The maximum absolute atomic E-state index is 16.4. The van der Waals surface area contributed by atoms with Gasteiger partial charge in [-0.15, -0.1) is 0 Å². The number of para-hydroxylation sites is 2. The van der Waals surface area contributed by atoms with E-state index in [0.29, 0.717) is 44.3 Å². The van der Waals surface area contributed by atoms with Crippen molar-refractivity contribution in [3.8, 4) is 69.0 Å². The number of fused-ring (bicyclic) bond motifs is 6. The summed E-state index contributed by atoms with van der Waals surface area (Å²) in [5.41, 5.74) is 6.58. The van der Waals surface area contributed by atoms with Crippen molar-refractivity contribution >= 4 is 43.6 Å². The first-order valence-corrected chi connectivity index (χ1v) is 19.5. The Kier molecular flexibility index (Phi) is 8.70. The average Bonchev–Trinajstić information content (AvgIpc) is 3.82. The summed E-state index contributed by atoms with van der Waals surface area (Å²) in [7, 11) is 0. The number of benzene rings is 8. The van der Waals surface area contributed by atoms with Gasteiger partial charge in [0.1, 0.15) is 5.56 Å². The lowest BCUT2D eigenvalue weighted by Crippen LogP contribution is -2.16. The molecule has 0 radical (unpaired) electrons. The zero-order valence-corrected chi connectivity index (χ0v) is 32.4. The molecule has 0 N–H and O–H groups in total. The lowest BCUT2D eigenvalue weighted by molar-refractivity contribution is -0.137. The Hall–Kier alpha value is -8.89. The lowest BCUT2D eigenvalue weighted by Gasteiger charge is -2.23. The standard InChI is InChI=1S/C53H27F3N6/c54-53(55,56)52-50(61-46-7-3-1-5-42(46)44-24-38(17-19-48(44)61)36-13-9-32(28-57)10-14-36)26-41(40-22-34(30-59)21-35(23-40)31-60)27-51(52)62-47-8-4-2-6-43(47)45-25-39(18-20-49(45)62)37-15-11-33(29-58)12-16-37/h1-27H. The number of rotatable bonds is 5. The number of nitrogens with zero attached hydrogens (tertiary/aromatic N) is 6. The molecule has 0 fully saturated rings. The summed E-state index contributed by atoms with van der Waals surface area (Å²) in [5.74, 6) is 0. The van der Waals surface area contributed by atoms with E-state index in [0.717, 1.165) is 43.8 Å². The summed E-state index contributed by atoms with van der Waals surface area (Å²) in [4.78, 5) is 0. The van der Waals surface area contributed by atoms with Gasteiger partial charge in [0.25, 0.3) is 0 Å². The van der Waals surface area contributed by atoms with E-state index in [1.165, 1.54) is 18.2 Å². The van der Waals surface area contributed by atoms with Crippen LogP contribution in [0.3, 0.4) is 0 Å². The van der Waals surface area contributed by atoms with Crippen LogP contribution in [0.15, 0.2) is 164 Å². The van der Waals surface area contributed by atoms with Gasteiger partial charge < -0.3 is 9.13 Å². The van der Waals surface area contributed by atoms with Crippen LogP contribution in [0.5, 0.6) is 0 Å². The first kappa shape index (κ1) is 37.4. The molecule has 290 valence electrons. The van der Waals surface area contributed by atoms with E-state index in [2.05, 4.69) is 24.3 Å². The predicted molar refractivity (Wildman–Crippen MR) is 235 cm³/mol. The van der Waals surface area contributed by atoms with Gasteiger partial charge in [-0.2, -0.15) is 34.2 Å². The third-order valence-corrected chi connectivity index (χ3v) is 11.4. The van der Waals surface area contributed by atoms with E-state index in [4.69, 9.17) is 0 Å². The monoisotopic (exact) mass is 804 g/mol. The second-order valence-corrected chi connectivity index (χ2v) is 15.0. The summed E-state index contributed by atoms with van der Waals surface area (Å²) in [5, 5.41) is 41.6. The minimum absolute atomic E-state index is 0.136. The van der Waals surface area contributed by atoms with E-state index in [9.17, 15) is 21.0 Å². The maximum Gasteiger partial charge on any atom is 0.420 e. The molecule has 0 unspecified atom stereocenters. The van der Waals surface area contributed by atoms with Crippen LogP contribution in [0.4, 0.5) is 13.2 Å². The van der Waals surface area contributed by atoms with Crippen LogP contribution < -0.4 is 0 Å². The highest BCUT2D eigenvalue weighted by atomic mass is 19.4. The molecule has 0 aliphatic rings. The fraction of sp³-hybridized carbons (Fsp3) is 0.0189. The quantitative estimate of drug-likeness (QED) is 0.173. The lowest BCUT2D eigenvalue weighted by atomic mass is 9.96. The molecule has 62 heavy (non-hydrogen) atoms. The summed E-state index contributed by atoms with van der Waals surface area (Å²) in [6, 6.07) is 56.4. The van der Waals surface area contributed by atoms with E-state index in [1.54, 1.807) is 69.8 Å². The van der Waals surface area contributed by atoms with Gasteiger partial charge in [0, 0.05) is 21.5 Å². The Balaban J connectivity index is 1.32. The molecule has 2 heterocycles. The molecular weight excluding hydrogens is 778 g/mol. The van der Waals surface area contributed by atoms with Crippen LogP contribution in [0.2, 0.25) is 0 Å². The van der Waals surface area contributed by atoms with Gasteiger partial charge in [0.05, 0.1) is 80.0 Å². The first-order chi connectivity index (χ1) is 30.2. The van der Waals surface area contributed by atoms with Crippen molar-refractivity contribution in [1.82, 2.24) is 9.13 Å². The summed E-state index contributed by atoms with van der Waals surface area (Å²) < 4.78 is 52.5. The van der Waals surface area contributed by atoms with Gasteiger partial charge in [-0.05, 0) is 124 Å². The van der Waals surface area contributed by atoms with Gasteiger partial charge in [-0.25, -0.2) is 0 Å². The molecule has 0 saturated carbocycles. The van der Waals surface area contributed by atoms with Crippen molar-refractivity contribution in [2.24, 2.45) is 0 Å². The van der Waals surface area contributed by atoms with Crippen LogP contribution in [-0.2, 0) is 6.18 Å². The molecular formula is C53H27F3N6. The van der Waals surface area contributed by atoms with Crippen molar-refractivity contribution in [2.75, 3.05) is 0 Å². The number of hydrogen-bond donors (Lipinski definition) is 0. The molecule has 0 aliphatic heterocycles. The van der Waals surface area contributed by atoms with E-state index in [-0.39, 0.29) is 22.5 Å². The molecule has 0 aliphatic carbocycles. The summed E-state index contributed by atoms with van der Waals surface area (Å²) >= 11 is 0. The number of halogens is 3. The topological polar surface area (TPSA) is 105 Å². The maximum atomic E-state index is 16.4. The highest BCUT2D eigenvalue weighted by molar-refractivity contribution is 6.12. The van der Waals surface area contributed by atoms with Crippen molar-refractivity contribution in [3.05, 3.63) is 192 Å². The van der Waals surface area contributed by atoms with Crippen LogP contribution >= 0.6 is 0 Å². The molecule has 10 rings (SSSR count). The fourth-order valence-electron chi connectivity index (χ4n) is 8.64. The Morgan fingerprint density at radius 2 is 0.710 bits per heavy atom. The molecule has 6 nitrogen and oxygen atoms in total. The Labute approximate surface area is 352 Å². The summed E-state index contributed by atoms with van der Waals surface area (Å²) in [6.45, 7) is 0. The van der Waals surface area contributed by atoms with Gasteiger partial charge in [-0.1, -0.05) is 72.8 Å². The number of aromatic nitrogens is 2. The number of alkyl halides is 3. The van der Waals surface area contributed by atoms with Crippen LogP contribution in [0, 0.1) is 45.3 Å². The summed E-state index contributed by atoms with van der Waals surface area (Å²) in [6.07, 6.45) is -4.89. The third kappa shape index (κ3) is 6.09. The molecule has 0 spiro atoms. The van der Waals surface area contributed by atoms with Crippen LogP contribution in [0.1, 0.15) is 27.8 Å². The van der Waals surface area contributed by atoms with Gasteiger partial charge in [0.15, 0.2) is 0 Å².